The fourth-order valence-corrected chi connectivity index (χ4v) is 4.44. The second-order valence-electron chi connectivity index (χ2n) is 9.20. The predicted octanol–water partition coefficient (Wildman–Crippen LogP) is 6.04. The number of carbonyl (C=O) groups is 2. The maximum atomic E-state index is 13.5. The lowest BCUT2D eigenvalue weighted by Gasteiger charge is -2.31. The van der Waals surface area contributed by atoms with Gasteiger partial charge in [0.25, 0.3) is 11.8 Å². The van der Waals surface area contributed by atoms with Gasteiger partial charge in [0.05, 0.1) is 5.56 Å². The average Bonchev–Trinajstić information content (AvgIpc) is 2.81. The van der Waals surface area contributed by atoms with Crippen LogP contribution in [0.2, 0.25) is 0 Å². The lowest BCUT2D eigenvalue weighted by atomic mass is 9.86. The van der Waals surface area contributed by atoms with E-state index in [0.717, 1.165) is 32.1 Å². The zero-order chi connectivity index (χ0) is 25.6. The molecule has 0 radical (unpaired) electrons. The lowest BCUT2D eigenvalue weighted by molar-refractivity contribution is -0.0222. The summed E-state index contributed by atoms with van der Waals surface area (Å²) < 4.78 is 27.1. The Balaban J connectivity index is 1.82. The first-order valence-electron chi connectivity index (χ1n) is 12.3. The predicted molar refractivity (Wildman–Crippen MR) is 132 cm³/mol. The normalized spacial score (nSPS) is 16.1. The molecule has 1 unspecified atom stereocenters. The van der Waals surface area contributed by atoms with Crippen molar-refractivity contribution in [2.24, 2.45) is 0 Å². The summed E-state index contributed by atoms with van der Waals surface area (Å²) in [5.74, 6) is -3.48. The molecular weight excluding hydrogens is 454 g/mol. The summed E-state index contributed by atoms with van der Waals surface area (Å²) >= 11 is 0. The van der Waals surface area contributed by atoms with Crippen molar-refractivity contribution in [1.29, 1.82) is 0 Å². The number of piperidine rings is 1. The largest absolute Gasteiger partial charge is 0.478 e. The number of carbonyl (C=O) groups excluding carboxylic acids is 1. The molecule has 1 fully saturated rings. The number of rotatable bonds is 10. The molecule has 2 aromatic rings. The number of nitrogens with zero attached hydrogens (tertiary/aromatic N) is 3. The number of anilines is 2. The smallest absolute Gasteiger partial charge is 0.335 e. The van der Waals surface area contributed by atoms with Crippen LogP contribution in [-0.2, 0) is 0 Å². The second-order valence-corrected chi connectivity index (χ2v) is 9.20. The third kappa shape index (κ3) is 6.96. The van der Waals surface area contributed by atoms with Crippen molar-refractivity contribution < 1.29 is 23.5 Å². The number of amides is 1. The number of carboxylic acids is 1. The van der Waals surface area contributed by atoms with E-state index >= 15 is 0 Å². The first kappa shape index (κ1) is 26.5. The third-order valence-corrected chi connectivity index (χ3v) is 6.49. The molecule has 1 atom stereocenters. The monoisotopic (exact) mass is 488 g/mol. The molecule has 1 aliphatic rings. The molecule has 190 valence electrons. The minimum absolute atomic E-state index is 0.0468. The summed E-state index contributed by atoms with van der Waals surface area (Å²) in [5.41, 5.74) is 1.82. The molecule has 0 spiro atoms. The summed E-state index contributed by atoms with van der Waals surface area (Å²) in [7, 11) is 0. The van der Waals surface area contributed by atoms with E-state index in [1.54, 1.807) is 24.0 Å². The quantitative estimate of drug-likeness (QED) is 0.396. The Kier molecular flexibility index (Phi) is 8.75. The molecule has 0 saturated carbocycles. The molecule has 35 heavy (non-hydrogen) atoms. The molecule has 2 N–H and O–H groups in total. The SMILES string of the molecule is CCCCCC(CC)c1cc(C(=O)Nc2cc(C)nc(N3CCC(F)(F)CC3)n2)ccc1C(=O)O. The van der Waals surface area contributed by atoms with Crippen molar-refractivity contribution >= 4 is 23.6 Å². The number of unbranched alkanes of at least 4 members (excludes halogenated alkanes) is 2. The van der Waals surface area contributed by atoms with Gasteiger partial charge in [-0.3, -0.25) is 4.79 Å². The van der Waals surface area contributed by atoms with Gasteiger partial charge in [0.15, 0.2) is 0 Å². The van der Waals surface area contributed by atoms with Crippen LogP contribution in [0.1, 0.15) is 96.7 Å². The van der Waals surface area contributed by atoms with E-state index < -0.39 is 17.8 Å². The van der Waals surface area contributed by atoms with Gasteiger partial charge in [-0.05, 0) is 49.4 Å². The fraction of sp³-hybridized carbons (Fsp3) is 0.538. The number of nitrogens with one attached hydrogen (secondary N) is 1. The van der Waals surface area contributed by atoms with Crippen LogP contribution in [0.5, 0.6) is 0 Å². The Bertz CT molecular complexity index is 1050. The molecule has 1 aliphatic heterocycles. The van der Waals surface area contributed by atoms with Gasteiger partial charge in [-0.25, -0.2) is 18.6 Å². The number of hydrogen-bond donors (Lipinski definition) is 2. The standard InChI is InChI=1S/C26H34F2N4O3/c1-4-6-7-8-18(5-2)21-16-19(9-10-20(21)24(34)35)23(33)30-22-15-17(3)29-25(31-22)32-13-11-26(27,28)12-14-32/h9-10,15-16,18H,4-8,11-14H2,1-3H3,(H,34,35)(H,29,30,31,33). The summed E-state index contributed by atoms with van der Waals surface area (Å²) in [6, 6.07) is 6.27. The maximum Gasteiger partial charge on any atom is 0.335 e. The zero-order valence-electron chi connectivity index (χ0n) is 20.6. The van der Waals surface area contributed by atoms with Crippen LogP contribution in [0, 0.1) is 6.92 Å². The highest BCUT2D eigenvalue weighted by atomic mass is 19.3. The molecule has 1 aromatic carbocycles. The fourth-order valence-electron chi connectivity index (χ4n) is 4.44. The van der Waals surface area contributed by atoms with E-state index in [9.17, 15) is 23.5 Å². The molecule has 9 heteroatoms. The van der Waals surface area contributed by atoms with Crippen molar-refractivity contribution in [2.75, 3.05) is 23.3 Å². The van der Waals surface area contributed by atoms with Gasteiger partial charge in [-0.1, -0.05) is 33.1 Å². The van der Waals surface area contributed by atoms with Gasteiger partial charge >= 0.3 is 5.97 Å². The molecule has 3 rings (SSSR count). The number of halogens is 2. The Morgan fingerprint density at radius 2 is 1.86 bits per heavy atom. The minimum Gasteiger partial charge on any atom is -0.478 e. The number of aromatic nitrogens is 2. The van der Waals surface area contributed by atoms with Crippen LogP contribution < -0.4 is 10.2 Å². The van der Waals surface area contributed by atoms with Gasteiger partial charge in [0.2, 0.25) is 5.95 Å². The van der Waals surface area contributed by atoms with Gasteiger partial charge < -0.3 is 15.3 Å². The van der Waals surface area contributed by atoms with Crippen LogP contribution in [0.4, 0.5) is 20.5 Å². The van der Waals surface area contributed by atoms with E-state index in [2.05, 4.69) is 22.2 Å². The Hall–Kier alpha value is -3.10. The molecular formula is C26H34F2N4O3. The van der Waals surface area contributed by atoms with Gasteiger partial charge in [0.1, 0.15) is 5.82 Å². The molecule has 1 aromatic heterocycles. The summed E-state index contributed by atoms with van der Waals surface area (Å²) in [6.07, 6.45) is 4.25. The first-order chi connectivity index (χ1) is 16.6. The maximum absolute atomic E-state index is 13.5. The van der Waals surface area contributed by atoms with E-state index in [4.69, 9.17) is 0 Å². The van der Waals surface area contributed by atoms with Crippen LogP contribution >= 0.6 is 0 Å². The number of aromatic carboxylic acids is 1. The van der Waals surface area contributed by atoms with Gasteiger partial charge in [0, 0.05) is 43.3 Å². The van der Waals surface area contributed by atoms with Crippen LogP contribution in [-0.4, -0.2) is 46.0 Å². The highest BCUT2D eigenvalue weighted by Gasteiger charge is 2.35. The van der Waals surface area contributed by atoms with Crippen LogP contribution in [0.15, 0.2) is 24.3 Å². The van der Waals surface area contributed by atoms with Crippen molar-refractivity contribution in [3.8, 4) is 0 Å². The average molecular weight is 489 g/mol. The van der Waals surface area contributed by atoms with E-state index in [-0.39, 0.29) is 43.2 Å². The summed E-state index contributed by atoms with van der Waals surface area (Å²) in [5, 5.41) is 12.5. The van der Waals surface area contributed by atoms with E-state index in [0.29, 0.717) is 22.8 Å². The Labute approximate surface area is 205 Å². The van der Waals surface area contributed by atoms with Crippen LogP contribution in [0.3, 0.4) is 0 Å². The van der Waals surface area contributed by atoms with Crippen molar-refractivity contribution in [1.82, 2.24) is 9.97 Å². The van der Waals surface area contributed by atoms with Gasteiger partial charge in [-0.15, -0.1) is 0 Å². The molecule has 7 nitrogen and oxygen atoms in total. The number of hydrogen-bond acceptors (Lipinski definition) is 5. The first-order valence-corrected chi connectivity index (χ1v) is 12.3. The zero-order valence-corrected chi connectivity index (χ0v) is 20.6. The lowest BCUT2D eigenvalue weighted by Crippen LogP contribution is -2.40. The second kappa shape index (κ2) is 11.6. The molecule has 0 aliphatic carbocycles. The Morgan fingerprint density at radius 1 is 1.14 bits per heavy atom. The van der Waals surface area contributed by atoms with Crippen molar-refractivity contribution in [3.05, 3.63) is 46.6 Å². The van der Waals surface area contributed by atoms with Crippen molar-refractivity contribution in [3.63, 3.8) is 0 Å². The third-order valence-electron chi connectivity index (χ3n) is 6.49. The Morgan fingerprint density at radius 3 is 2.49 bits per heavy atom. The number of benzene rings is 1. The van der Waals surface area contributed by atoms with Crippen LogP contribution in [0.25, 0.3) is 0 Å². The van der Waals surface area contributed by atoms with E-state index in [1.807, 2.05) is 6.92 Å². The van der Waals surface area contributed by atoms with Crippen molar-refractivity contribution in [2.45, 2.75) is 77.6 Å². The number of alkyl halides is 2. The highest BCUT2D eigenvalue weighted by Crippen LogP contribution is 2.31. The molecule has 1 amide bonds. The molecule has 2 heterocycles. The molecule has 0 bridgehead atoms. The highest BCUT2D eigenvalue weighted by molar-refractivity contribution is 6.04. The molecule has 1 saturated heterocycles. The topological polar surface area (TPSA) is 95.4 Å². The number of carboxylic acid groups (broad SMARTS) is 1. The minimum atomic E-state index is -2.68. The van der Waals surface area contributed by atoms with E-state index in [1.165, 1.54) is 12.1 Å². The van der Waals surface area contributed by atoms with Gasteiger partial charge in [-0.2, -0.15) is 4.98 Å². The number of aryl methyl sites for hydroxylation is 1. The summed E-state index contributed by atoms with van der Waals surface area (Å²) in [4.78, 5) is 35.3. The summed E-state index contributed by atoms with van der Waals surface area (Å²) in [6.45, 7) is 6.17.